The van der Waals surface area contributed by atoms with Crippen molar-refractivity contribution in [2.75, 3.05) is 17.7 Å². The van der Waals surface area contributed by atoms with Gasteiger partial charge in [-0.1, -0.05) is 0 Å². The molecule has 1 amide bonds. The molecule has 2 rings (SSSR count). The molecule has 0 saturated heterocycles. The van der Waals surface area contributed by atoms with Gasteiger partial charge in [0.05, 0.1) is 17.6 Å². The van der Waals surface area contributed by atoms with Gasteiger partial charge in [0.2, 0.25) is 5.91 Å². The first kappa shape index (κ1) is 13.8. The lowest BCUT2D eigenvalue weighted by atomic mass is 10.1. The second-order valence-corrected chi connectivity index (χ2v) is 4.46. The van der Waals surface area contributed by atoms with Crippen molar-refractivity contribution in [3.8, 4) is 0 Å². The van der Waals surface area contributed by atoms with Crippen molar-refractivity contribution >= 4 is 17.3 Å². The number of hydrogen-bond donors (Lipinski definition) is 2. The number of nitrogens with two attached hydrogens (primary N) is 2. The quantitative estimate of drug-likeness (QED) is 0.885. The third-order valence-electron chi connectivity index (χ3n) is 2.98. The number of amides is 1. The van der Waals surface area contributed by atoms with Gasteiger partial charge >= 0.3 is 0 Å². The molecule has 104 valence electrons. The first-order chi connectivity index (χ1) is 9.49. The van der Waals surface area contributed by atoms with Gasteiger partial charge in [0.1, 0.15) is 5.82 Å². The fraction of sp³-hybridized carbons (Fsp3) is 0.143. The SMILES string of the molecule is CN(Cc1cc(C(N)=O)ccc1F)c1ccncc1N. The van der Waals surface area contributed by atoms with E-state index in [2.05, 4.69) is 4.98 Å². The summed E-state index contributed by atoms with van der Waals surface area (Å²) in [7, 11) is 1.78. The van der Waals surface area contributed by atoms with Crippen molar-refractivity contribution in [2.45, 2.75) is 6.54 Å². The number of benzene rings is 1. The smallest absolute Gasteiger partial charge is 0.248 e. The van der Waals surface area contributed by atoms with Gasteiger partial charge in [-0.25, -0.2) is 4.39 Å². The summed E-state index contributed by atoms with van der Waals surface area (Å²) in [5.74, 6) is -0.980. The van der Waals surface area contributed by atoms with Crippen LogP contribution in [0.25, 0.3) is 0 Å². The van der Waals surface area contributed by atoms with E-state index in [0.29, 0.717) is 11.3 Å². The lowest BCUT2D eigenvalue weighted by molar-refractivity contribution is 0.1000. The maximum Gasteiger partial charge on any atom is 0.248 e. The van der Waals surface area contributed by atoms with E-state index in [1.54, 1.807) is 24.2 Å². The number of nitrogen functional groups attached to an aromatic ring is 1. The summed E-state index contributed by atoms with van der Waals surface area (Å²) in [5, 5.41) is 0. The third-order valence-corrected chi connectivity index (χ3v) is 2.98. The number of rotatable bonds is 4. The average Bonchev–Trinajstić information content (AvgIpc) is 2.41. The number of halogens is 1. The fourth-order valence-electron chi connectivity index (χ4n) is 1.94. The predicted molar refractivity (Wildman–Crippen MR) is 75.7 cm³/mol. The minimum Gasteiger partial charge on any atom is -0.396 e. The Balaban J connectivity index is 2.28. The van der Waals surface area contributed by atoms with Crippen LogP contribution in [0, 0.1) is 5.82 Å². The lowest BCUT2D eigenvalue weighted by Gasteiger charge is -2.21. The first-order valence-corrected chi connectivity index (χ1v) is 5.98. The predicted octanol–water partition coefficient (Wildman–Crippen LogP) is 1.54. The summed E-state index contributed by atoms with van der Waals surface area (Å²) in [6.07, 6.45) is 3.14. The Kier molecular flexibility index (Phi) is 3.84. The monoisotopic (exact) mass is 274 g/mol. The molecule has 0 radical (unpaired) electrons. The second-order valence-electron chi connectivity index (χ2n) is 4.46. The van der Waals surface area contributed by atoms with Crippen molar-refractivity contribution in [3.63, 3.8) is 0 Å². The molecule has 0 unspecified atom stereocenters. The number of pyridine rings is 1. The highest BCUT2D eigenvalue weighted by atomic mass is 19.1. The summed E-state index contributed by atoms with van der Waals surface area (Å²) >= 11 is 0. The van der Waals surface area contributed by atoms with E-state index in [1.807, 2.05) is 0 Å². The molecule has 1 heterocycles. The number of hydrogen-bond acceptors (Lipinski definition) is 4. The molecule has 0 aliphatic heterocycles. The molecular weight excluding hydrogens is 259 g/mol. The fourth-order valence-corrected chi connectivity index (χ4v) is 1.94. The van der Waals surface area contributed by atoms with Gasteiger partial charge in [-0.05, 0) is 24.3 Å². The number of primary amides is 1. The lowest BCUT2D eigenvalue weighted by Crippen LogP contribution is -2.19. The number of nitrogens with zero attached hydrogens (tertiary/aromatic N) is 2. The molecule has 20 heavy (non-hydrogen) atoms. The van der Waals surface area contributed by atoms with Crippen molar-refractivity contribution in [1.29, 1.82) is 0 Å². The van der Waals surface area contributed by atoms with Crippen LogP contribution in [0.2, 0.25) is 0 Å². The van der Waals surface area contributed by atoms with Crippen LogP contribution in [0.15, 0.2) is 36.7 Å². The van der Waals surface area contributed by atoms with Gasteiger partial charge in [0.15, 0.2) is 0 Å². The van der Waals surface area contributed by atoms with Gasteiger partial charge in [-0.15, -0.1) is 0 Å². The van der Waals surface area contributed by atoms with E-state index in [9.17, 15) is 9.18 Å². The van der Waals surface area contributed by atoms with Crippen LogP contribution < -0.4 is 16.4 Å². The van der Waals surface area contributed by atoms with E-state index in [1.165, 1.54) is 24.4 Å². The zero-order valence-corrected chi connectivity index (χ0v) is 11.0. The maximum atomic E-state index is 13.8. The number of aromatic nitrogens is 1. The van der Waals surface area contributed by atoms with Gasteiger partial charge < -0.3 is 16.4 Å². The highest BCUT2D eigenvalue weighted by Gasteiger charge is 2.11. The molecule has 1 aromatic carbocycles. The normalized spacial score (nSPS) is 10.3. The summed E-state index contributed by atoms with van der Waals surface area (Å²) in [6, 6.07) is 5.79. The Labute approximate surface area is 116 Å². The molecule has 6 heteroatoms. The maximum absolute atomic E-state index is 13.8. The third kappa shape index (κ3) is 2.85. The number of carbonyl (C=O) groups excluding carboxylic acids is 1. The van der Waals surface area contributed by atoms with E-state index in [4.69, 9.17) is 11.5 Å². The van der Waals surface area contributed by atoms with Crippen LogP contribution in [0.1, 0.15) is 15.9 Å². The van der Waals surface area contributed by atoms with Gasteiger partial charge in [0.25, 0.3) is 0 Å². The molecule has 0 atom stereocenters. The zero-order valence-electron chi connectivity index (χ0n) is 11.0. The van der Waals surface area contributed by atoms with E-state index >= 15 is 0 Å². The van der Waals surface area contributed by atoms with E-state index in [-0.39, 0.29) is 12.1 Å². The van der Waals surface area contributed by atoms with E-state index in [0.717, 1.165) is 5.69 Å². The molecule has 0 saturated carbocycles. The molecule has 2 aromatic rings. The van der Waals surface area contributed by atoms with Crippen molar-refractivity contribution in [2.24, 2.45) is 5.73 Å². The van der Waals surface area contributed by atoms with Crippen LogP contribution in [0.4, 0.5) is 15.8 Å². The van der Waals surface area contributed by atoms with Crippen LogP contribution in [0.5, 0.6) is 0 Å². The molecule has 1 aromatic heterocycles. The summed E-state index contributed by atoms with van der Waals surface area (Å²) in [6.45, 7) is 0.265. The minimum atomic E-state index is -0.586. The average molecular weight is 274 g/mol. The van der Waals surface area contributed by atoms with E-state index < -0.39 is 11.7 Å². The first-order valence-electron chi connectivity index (χ1n) is 5.98. The number of anilines is 2. The Morgan fingerprint density at radius 3 is 2.80 bits per heavy atom. The molecule has 0 spiro atoms. The number of carbonyl (C=O) groups is 1. The largest absolute Gasteiger partial charge is 0.396 e. The van der Waals surface area contributed by atoms with Crippen molar-refractivity contribution in [1.82, 2.24) is 4.98 Å². The Morgan fingerprint density at radius 1 is 1.40 bits per heavy atom. The molecule has 0 bridgehead atoms. The molecule has 4 N–H and O–H groups in total. The molecule has 0 aliphatic rings. The van der Waals surface area contributed by atoms with Crippen molar-refractivity contribution < 1.29 is 9.18 Å². The second kappa shape index (κ2) is 5.56. The molecule has 0 aliphatic carbocycles. The van der Waals surface area contributed by atoms with Gasteiger partial charge in [-0.3, -0.25) is 9.78 Å². The van der Waals surface area contributed by atoms with Crippen LogP contribution >= 0.6 is 0 Å². The summed E-state index contributed by atoms with van der Waals surface area (Å²) in [5.41, 5.74) is 12.9. The van der Waals surface area contributed by atoms with Crippen LogP contribution in [0.3, 0.4) is 0 Å². The summed E-state index contributed by atoms with van der Waals surface area (Å²) in [4.78, 5) is 16.8. The van der Waals surface area contributed by atoms with Crippen LogP contribution in [-0.4, -0.2) is 17.9 Å². The minimum absolute atomic E-state index is 0.265. The van der Waals surface area contributed by atoms with Gasteiger partial charge in [0, 0.05) is 30.9 Å². The zero-order chi connectivity index (χ0) is 14.7. The molecular formula is C14H15FN4O. The summed E-state index contributed by atoms with van der Waals surface area (Å²) < 4.78 is 13.8. The Morgan fingerprint density at radius 2 is 2.15 bits per heavy atom. The highest BCUT2D eigenvalue weighted by Crippen LogP contribution is 2.22. The molecule has 0 fully saturated rings. The van der Waals surface area contributed by atoms with Gasteiger partial charge in [-0.2, -0.15) is 0 Å². The van der Waals surface area contributed by atoms with Crippen LogP contribution in [-0.2, 0) is 6.54 Å². The highest BCUT2D eigenvalue weighted by molar-refractivity contribution is 5.92. The molecule has 5 nitrogen and oxygen atoms in total. The standard InChI is InChI=1S/C14H15FN4O/c1-19(13-4-5-18-7-12(13)16)8-10-6-9(14(17)20)2-3-11(10)15/h2-7H,8,16H2,1H3,(H2,17,20). The Hall–Kier alpha value is -2.63. The Bertz CT molecular complexity index is 645. The van der Waals surface area contributed by atoms with Crippen molar-refractivity contribution in [3.05, 3.63) is 53.6 Å². The topological polar surface area (TPSA) is 85.2 Å².